The molecular formula is C20H21NO5. The molecule has 1 fully saturated rings. The van der Waals surface area contributed by atoms with E-state index in [1.807, 2.05) is 24.3 Å². The van der Waals surface area contributed by atoms with Gasteiger partial charge in [-0.3, -0.25) is 9.59 Å². The summed E-state index contributed by atoms with van der Waals surface area (Å²) in [6, 6.07) is 10.2. The minimum Gasteiger partial charge on any atom is -0.496 e. The number of methoxy groups -OCH3 is 1. The zero-order valence-corrected chi connectivity index (χ0v) is 14.6. The van der Waals surface area contributed by atoms with Crippen LogP contribution in [0.5, 0.6) is 5.75 Å². The number of nitrogens with zero attached hydrogens (tertiary/aromatic N) is 1. The first kappa shape index (κ1) is 17.9. The van der Waals surface area contributed by atoms with Gasteiger partial charge in [0.05, 0.1) is 7.11 Å². The van der Waals surface area contributed by atoms with Crippen LogP contribution in [-0.2, 0) is 9.59 Å². The largest absolute Gasteiger partial charge is 0.496 e. The van der Waals surface area contributed by atoms with Crippen LogP contribution in [0.25, 0.3) is 10.8 Å². The molecule has 0 saturated carbocycles. The average molecular weight is 355 g/mol. The third kappa shape index (κ3) is 3.40. The van der Waals surface area contributed by atoms with Crippen LogP contribution in [0.4, 0.5) is 0 Å². The number of benzene rings is 2. The number of Topliss-reactive ketones (excluding diaryl/α,β-unsaturated/α-hetero) is 1. The van der Waals surface area contributed by atoms with Gasteiger partial charge in [-0.1, -0.05) is 24.3 Å². The summed E-state index contributed by atoms with van der Waals surface area (Å²) in [5.74, 6) is -0.706. The number of hydrogen-bond donors (Lipinski definition) is 1. The standard InChI is InChI=1S/C20H21NO5/c1-26-18-10-8-14(13-5-2-3-6-15(13)18)17(22)9-11-19(23)21-12-4-7-16(21)20(24)25/h2-3,5-6,8,10,16H,4,7,9,11-12H2,1H3,(H,24,25)/t16-/m0/s1. The Morgan fingerprint density at radius 3 is 2.54 bits per heavy atom. The number of ether oxygens (including phenoxy) is 1. The summed E-state index contributed by atoms with van der Waals surface area (Å²) in [5, 5.41) is 10.8. The fraction of sp³-hybridized carbons (Fsp3) is 0.350. The lowest BCUT2D eigenvalue weighted by Crippen LogP contribution is -2.40. The van der Waals surface area contributed by atoms with Crippen LogP contribution in [0.3, 0.4) is 0 Å². The topological polar surface area (TPSA) is 83.9 Å². The van der Waals surface area contributed by atoms with E-state index in [2.05, 4.69) is 0 Å². The SMILES string of the molecule is COc1ccc(C(=O)CCC(=O)N2CCC[C@H]2C(=O)O)c2ccccc12. The van der Waals surface area contributed by atoms with E-state index in [9.17, 15) is 19.5 Å². The first-order valence-electron chi connectivity index (χ1n) is 8.64. The van der Waals surface area contributed by atoms with Gasteiger partial charge in [-0.25, -0.2) is 4.79 Å². The van der Waals surface area contributed by atoms with Gasteiger partial charge in [0.1, 0.15) is 11.8 Å². The molecule has 6 nitrogen and oxygen atoms in total. The lowest BCUT2D eigenvalue weighted by molar-refractivity contribution is -0.148. The zero-order chi connectivity index (χ0) is 18.7. The number of aliphatic carboxylic acids is 1. The van der Waals surface area contributed by atoms with E-state index in [0.29, 0.717) is 30.7 Å². The predicted octanol–water partition coefficient (Wildman–Crippen LogP) is 2.89. The van der Waals surface area contributed by atoms with E-state index in [-0.39, 0.29) is 24.5 Å². The second-order valence-electron chi connectivity index (χ2n) is 6.37. The molecule has 1 aliphatic rings. The smallest absolute Gasteiger partial charge is 0.326 e. The van der Waals surface area contributed by atoms with Crippen LogP contribution in [0.1, 0.15) is 36.0 Å². The molecule has 1 amide bonds. The van der Waals surface area contributed by atoms with Crippen LogP contribution in [0.15, 0.2) is 36.4 Å². The van der Waals surface area contributed by atoms with Crippen LogP contribution >= 0.6 is 0 Å². The number of ketones is 1. The summed E-state index contributed by atoms with van der Waals surface area (Å²) in [4.78, 5) is 37.6. The molecule has 0 bridgehead atoms. The van der Waals surface area contributed by atoms with Crippen LogP contribution in [-0.4, -0.2) is 47.4 Å². The van der Waals surface area contributed by atoms with Gasteiger partial charge in [0.25, 0.3) is 0 Å². The highest BCUT2D eigenvalue weighted by Gasteiger charge is 2.33. The molecule has 0 unspecified atom stereocenters. The van der Waals surface area contributed by atoms with Gasteiger partial charge >= 0.3 is 5.97 Å². The van der Waals surface area contributed by atoms with Crippen molar-refractivity contribution in [1.82, 2.24) is 4.90 Å². The maximum absolute atomic E-state index is 12.7. The van der Waals surface area contributed by atoms with E-state index >= 15 is 0 Å². The van der Waals surface area contributed by atoms with E-state index in [1.165, 1.54) is 4.90 Å². The molecule has 0 spiro atoms. The van der Waals surface area contributed by atoms with Crippen molar-refractivity contribution in [2.45, 2.75) is 31.7 Å². The number of amides is 1. The quantitative estimate of drug-likeness (QED) is 0.806. The van der Waals surface area contributed by atoms with Gasteiger partial charge in [0.2, 0.25) is 5.91 Å². The fourth-order valence-electron chi connectivity index (χ4n) is 3.51. The van der Waals surface area contributed by atoms with Crippen LogP contribution < -0.4 is 4.74 Å². The molecule has 1 heterocycles. The Kier molecular flexibility index (Phi) is 5.21. The highest BCUT2D eigenvalue weighted by Crippen LogP contribution is 2.29. The third-order valence-electron chi connectivity index (χ3n) is 4.83. The number of carbonyl (C=O) groups is 3. The molecule has 26 heavy (non-hydrogen) atoms. The lowest BCUT2D eigenvalue weighted by atomic mass is 9.98. The second-order valence-corrected chi connectivity index (χ2v) is 6.37. The predicted molar refractivity (Wildman–Crippen MR) is 96.4 cm³/mol. The van der Waals surface area contributed by atoms with Crippen molar-refractivity contribution in [1.29, 1.82) is 0 Å². The van der Waals surface area contributed by atoms with Crippen molar-refractivity contribution < 1.29 is 24.2 Å². The molecule has 0 aliphatic carbocycles. The number of carbonyl (C=O) groups excluding carboxylic acids is 2. The monoisotopic (exact) mass is 355 g/mol. The minimum absolute atomic E-state index is 0.0168. The summed E-state index contributed by atoms with van der Waals surface area (Å²) < 4.78 is 5.33. The highest BCUT2D eigenvalue weighted by atomic mass is 16.5. The van der Waals surface area contributed by atoms with Gasteiger partial charge in [0.15, 0.2) is 5.78 Å². The molecule has 136 valence electrons. The van der Waals surface area contributed by atoms with Gasteiger partial charge in [0, 0.05) is 30.3 Å². The molecular weight excluding hydrogens is 334 g/mol. The molecule has 2 aromatic rings. The number of rotatable bonds is 6. The molecule has 1 aliphatic heterocycles. The molecule has 3 rings (SSSR count). The Morgan fingerprint density at radius 1 is 1.12 bits per heavy atom. The summed E-state index contributed by atoms with van der Waals surface area (Å²) in [7, 11) is 1.58. The third-order valence-corrected chi connectivity index (χ3v) is 4.83. The minimum atomic E-state index is -0.983. The Hall–Kier alpha value is -2.89. The summed E-state index contributed by atoms with van der Waals surface area (Å²) in [5.41, 5.74) is 0.547. The molecule has 1 saturated heterocycles. The van der Waals surface area contributed by atoms with Crippen LogP contribution in [0.2, 0.25) is 0 Å². The first-order valence-corrected chi connectivity index (χ1v) is 8.64. The van der Waals surface area contributed by atoms with Crippen molar-refractivity contribution in [3.8, 4) is 5.75 Å². The Morgan fingerprint density at radius 2 is 1.85 bits per heavy atom. The van der Waals surface area contributed by atoms with Crippen molar-refractivity contribution >= 4 is 28.4 Å². The second kappa shape index (κ2) is 7.56. The van der Waals surface area contributed by atoms with Crippen LogP contribution in [0, 0.1) is 0 Å². The Labute approximate surface area is 151 Å². The fourth-order valence-corrected chi connectivity index (χ4v) is 3.51. The van der Waals surface area contributed by atoms with Crippen molar-refractivity contribution in [3.05, 3.63) is 42.0 Å². The van der Waals surface area contributed by atoms with E-state index < -0.39 is 12.0 Å². The summed E-state index contributed by atoms with van der Waals surface area (Å²) in [6.07, 6.45) is 1.22. The maximum atomic E-state index is 12.7. The van der Waals surface area contributed by atoms with Crippen molar-refractivity contribution in [2.24, 2.45) is 0 Å². The number of likely N-dealkylation sites (tertiary alicyclic amines) is 1. The van der Waals surface area contributed by atoms with E-state index in [0.717, 1.165) is 10.8 Å². The Balaban J connectivity index is 1.74. The highest BCUT2D eigenvalue weighted by molar-refractivity contribution is 6.10. The first-order chi connectivity index (χ1) is 12.5. The van der Waals surface area contributed by atoms with Gasteiger partial charge in [-0.05, 0) is 30.4 Å². The van der Waals surface area contributed by atoms with Gasteiger partial charge in [-0.2, -0.15) is 0 Å². The van der Waals surface area contributed by atoms with Gasteiger partial charge in [-0.15, -0.1) is 0 Å². The number of carboxylic acids is 1. The van der Waals surface area contributed by atoms with Crippen molar-refractivity contribution in [3.63, 3.8) is 0 Å². The summed E-state index contributed by atoms with van der Waals surface area (Å²) >= 11 is 0. The number of hydrogen-bond acceptors (Lipinski definition) is 4. The molecule has 1 N–H and O–H groups in total. The number of fused-ring (bicyclic) bond motifs is 1. The zero-order valence-electron chi connectivity index (χ0n) is 14.6. The molecule has 0 radical (unpaired) electrons. The molecule has 2 aromatic carbocycles. The van der Waals surface area contributed by atoms with E-state index in [1.54, 1.807) is 19.2 Å². The summed E-state index contributed by atoms with van der Waals surface area (Å²) in [6.45, 7) is 0.440. The normalized spacial score (nSPS) is 16.7. The molecule has 0 aromatic heterocycles. The van der Waals surface area contributed by atoms with Gasteiger partial charge < -0.3 is 14.7 Å². The number of carboxylic acid groups (broad SMARTS) is 1. The van der Waals surface area contributed by atoms with E-state index in [4.69, 9.17) is 4.74 Å². The van der Waals surface area contributed by atoms with Crippen molar-refractivity contribution in [2.75, 3.05) is 13.7 Å². The molecule has 6 heteroatoms. The lowest BCUT2D eigenvalue weighted by Gasteiger charge is -2.21. The average Bonchev–Trinajstić information content (AvgIpc) is 3.15. The Bertz CT molecular complexity index is 860. The molecule has 1 atom stereocenters. The maximum Gasteiger partial charge on any atom is 0.326 e.